The van der Waals surface area contributed by atoms with E-state index in [0.29, 0.717) is 5.92 Å². The largest absolute Gasteiger partial charge is 0.497 e. The Morgan fingerprint density at radius 2 is 2.25 bits per heavy atom. The number of methoxy groups -OCH3 is 1. The molecule has 0 spiro atoms. The highest BCUT2D eigenvalue weighted by Crippen LogP contribution is 2.39. The maximum Gasteiger partial charge on any atom is 0.119 e. The summed E-state index contributed by atoms with van der Waals surface area (Å²) >= 11 is 0. The molecule has 3 heteroatoms. The van der Waals surface area contributed by atoms with Crippen LogP contribution in [0.4, 0.5) is 0 Å². The highest BCUT2D eigenvalue weighted by molar-refractivity contribution is 5.60. The van der Waals surface area contributed by atoms with E-state index >= 15 is 0 Å². The lowest BCUT2D eigenvalue weighted by Gasteiger charge is -2.01. The van der Waals surface area contributed by atoms with Crippen LogP contribution in [0.3, 0.4) is 0 Å². The van der Waals surface area contributed by atoms with E-state index in [1.807, 2.05) is 24.4 Å². The summed E-state index contributed by atoms with van der Waals surface area (Å²) in [7, 11) is 1.68. The molecular formula is C13H14N2O. The molecule has 0 amide bonds. The van der Waals surface area contributed by atoms with Crippen LogP contribution >= 0.6 is 0 Å². The minimum absolute atomic E-state index is 0.666. The molecule has 1 aliphatic carbocycles. The molecule has 1 aromatic carbocycles. The quantitative estimate of drug-likeness (QED) is 0.853. The Balaban J connectivity index is 1.93. The van der Waals surface area contributed by atoms with Crippen molar-refractivity contribution in [3.8, 4) is 17.0 Å². The first-order chi connectivity index (χ1) is 7.86. The van der Waals surface area contributed by atoms with Gasteiger partial charge in [0.25, 0.3) is 0 Å². The van der Waals surface area contributed by atoms with Crippen molar-refractivity contribution >= 4 is 0 Å². The van der Waals surface area contributed by atoms with Crippen LogP contribution in [-0.2, 0) is 0 Å². The van der Waals surface area contributed by atoms with Crippen LogP contribution in [0.1, 0.15) is 24.6 Å². The van der Waals surface area contributed by atoms with E-state index in [4.69, 9.17) is 4.74 Å². The Hall–Kier alpha value is -1.77. The van der Waals surface area contributed by atoms with Crippen molar-refractivity contribution in [2.75, 3.05) is 7.11 Å². The Bertz CT molecular complexity index is 500. The van der Waals surface area contributed by atoms with E-state index in [9.17, 15) is 0 Å². The Labute approximate surface area is 94.5 Å². The van der Waals surface area contributed by atoms with E-state index < -0.39 is 0 Å². The average molecular weight is 214 g/mol. The zero-order valence-corrected chi connectivity index (χ0v) is 9.23. The van der Waals surface area contributed by atoms with Gasteiger partial charge in [0.05, 0.1) is 19.0 Å². The smallest absolute Gasteiger partial charge is 0.119 e. The first kappa shape index (κ1) is 9.46. The summed E-state index contributed by atoms with van der Waals surface area (Å²) in [5.41, 5.74) is 2.19. The molecule has 0 bridgehead atoms. The summed E-state index contributed by atoms with van der Waals surface area (Å²) in [6.07, 6.45) is 4.44. The van der Waals surface area contributed by atoms with Gasteiger partial charge in [-0.2, -0.15) is 0 Å². The van der Waals surface area contributed by atoms with Crippen molar-refractivity contribution in [1.29, 1.82) is 0 Å². The molecular weight excluding hydrogens is 200 g/mol. The summed E-state index contributed by atoms with van der Waals surface area (Å²) in [5, 5.41) is 0. The third-order valence-corrected chi connectivity index (χ3v) is 2.94. The number of aromatic amines is 1. The van der Waals surface area contributed by atoms with Crippen molar-refractivity contribution in [3.63, 3.8) is 0 Å². The summed E-state index contributed by atoms with van der Waals surface area (Å²) in [4.78, 5) is 7.79. The van der Waals surface area contributed by atoms with Gasteiger partial charge in [0, 0.05) is 11.5 Å². The molecule has 82 valence electrons. The van der Waals surface area contributed by atoms with Crippen LogP contribution in [-0.4, -0.2) is 17.1 Å². The van der Waals surface area contributed by atoms with Crippen LogP contribution in [0.5, 0.6) is 5.75 Å². The highest BCUT2D eigenvalue weighted by atomic mass is 16.5. The Kier molecular flexibility index (Phi) is 2.17. The third-order valence-electron chi connectivity index (χ3n) is 2.94. The number of aromatic nitrogens is 2. The number of nitrogens with one attached hydrogen (secondary N) is 1. The van der Waals surface area contributed by atoms with Gasteiger partial charge >= 0.3 is 0 Å². The number of H-pyrrole nitrogens is 1. The van der Waals surface area contributed by atoms with Crippen LogP contribution in [0.2, 0.25) is 0 Å². The van der Waals surface area contributed by atoms with E-state index in [-0.39, 0.29) is 0 Å². The van der Waals surface area contributed by atoms with Crippen LogP contribution in [0.15, 0.2) is 30.5 Å². The first-order valence-corrected chi connectivity index (χ1v) is 5.56. The van der Waals surface area contributed by atoms with E-state index in [1.165, 1.54) is 12.8 Å². The lowest BCUT2D eigenvalue weighted by Crippen LogP contribution is -1.84. The van der Waals surface area contributed by atoms with Gasteiger partial charge in [-0.15, -0.1) is 0 Å². The normalized spacial score (nSPS) is 15.1. The lowest BCUT2D eigenvalue weighted by atomic mass is 10.1. The molecule has 0 unspecified atom stereocenters. The van der Waals surface area contributed by atoms with Gasteiger partial charge in [-0.3, -0.25) is 0 Å². The predicted octanol–water partition coefficient (Wildman–Crippen LogP) is 2.96. The van der Waals surface area contributed by atoms with Crippen molar-refractivity contribution in [3.05, 3.63) is 36.3 Å². The zero-order chi connectivity index (χ0) is 11.0. The van der Waals surface area contributed by atoms with Crippen LogP contribution < -0.4 is 4.74 Å². The molecule has 1 aromatic heterocycles. The molecule has 0 radical (unpaired) electrons. The number of nitrogens with zero attached hydrogens (tertiary/aromatic N) is 1. The number of hydrogen-bond acceptors (Lipinski definition) is 2. The van der Waals surface area contributed by atoms with Gasteiger partial charge in [0.2, 0.25) is 0 Å². The van der Waals surface area contributed by atoms with E-state index in [2.05, 4.69) is 16.0 Å². The van der Waals surface area contributed by atoms with Crippen molar-refractivity contribution in [2.24, 2.45) is 0 Å². The molecule has 0 aliphatic heterocycles. The van der Waals surface area contributed by atoms with Crippen molar-refractivity contribution < 1.29 is 4.74 Å². The monoisotopic (exact) mass is 214 g/mol. The molecule has 0 atom stereocenters. The topological polar surface area (TPSA) is 37.9 Å². The molecule has 1 N–H and O–H groups in total. The first-order valence-electron chi connectivity index (χ1n) is 5.56. The zero-order valence-electron chi connectivity index (χ0n) is 9.23. The SMILES string of the molecule is COc1cccc(-c2cnc(C3CC3)[nH]2)c1. The lowest BCUT2D eigenvalue weighted by molar-refractivity contribution is 0.415. The summed E-state index contributed by atoms with van der Waals surface area (Å²) in [6, 6.07) is 8.02. The number of ether oxygens (including phenoxy) is 1. The van der Waals surface area contributed by atoms with Gasteiger partial charge in [-0.1, -0.05) is 12.1 Å². The number of rotatable bonds is 3. The maximum atomic E-state index is 5.21. The molecule has 3 nitrogen and oxygen atoms in total. The van der Waals surface area contributed by atoms with Crippen LogP contribution in [0, 0.1) is 0 Å². The summed E-state index contributed by atoms with van der Waals surface area (Å²) in [6.45, 7) is 0. The molecule has 2 aromatic rings. The van der Waals surface area contributed by atoms with Gasteiger partial charge in [-0.05, 0) is 25.0 Å². The summed E-state index contributed by atoms with van der Waals surface area (Å²) in [5.74, 6) is 2.66. The Morgan fingerprint density at radius 3 is 3.00 bits per heavy atom. The van der Waals surface area contributed by atoms with Crippen LogP contribution in [0.25, 0.3) is 11.3 Å². The molecule has 0 saturated heterocycles. The van der Waals surface area contributed by atoms with Gasteiger partial charge in [0.15, 0.2) is 0 Å². The standard InChI is InChI=1S/C13H14N2O/c1-16-11-4-2-3-10(7-11)12-8-14-13(15-12)9-5-6-9/h2-4,7-9H,5-6H2,1H3,(H,14,15). The minimum Gasteiger partial charge on any atom is -0.497 e. The fourth-order valence-corrected chi connectivity index (χ4v) is 1.84. The molecule has 1 saturated carbocycles. The molecule has 1 aliphatic rings. The number of imidazole rings is 1. The van der Waals surface area contributed by atoms with Gasteiger partial charge < -0.3 is 9.72 Å². The average Bonchev–Trinajstić information content (AvgIpc) is 3.07. The third kappa shape index (κ3) is 1.69. The molecule has 16 heavy (non-hydrogen) atoms. The fraction of sp³-hybridized carbons (Fsp3) is 0.308. The van der Waals surface area contributed by atoms with E-state index in [1.54, 1.807) is 7.11 Å². The molecule has 1 fully saturated rings. The number of hydrogen-bond donors (Lipinski definition) is 1. The van der Waals surface area contributed by atoms with Gasteiger partial charge in [-0.25, -0.2) is 4.98 Å². The minimum atomic E-state index is 0.666. The summed E-state index contributed by atoms with van der Waals surface area (Å²) < 4.78 is 5.21. The molecule has 3 rings (SSSR count). The fourth-order valence-electron chi connectivity index (χ4n) is 1.84. The van der Waals surface area contributed by atoms with Gasteiger partial charge in [0.1, 0.15) is 11.6 Å². The second-order valence-electron chi connectivity index (χ2n) is 4.19. The maximum absolute atomic E-state index is 5.21. The number of benzene rings is 1. The Morgan fingerprint density at radius 1 is 1.38 bits per heavy atom. The van der Waals surface area contributed by atoms with Crippen molar-refractivity contribution in [1.82, 2.24) is 9.97 Å². The van der Waals surface area contributed by atoms with Crippen molar-refractivity contribution in [2.45, 2.75) is 18.8 Å². The predicted molar refractivity (Wildman–Crippen MR) is 62.6 cm³/mol. The second kappa shape index (κ2) is 3.67. The molecule has 1 heterocycles. The second-order valence-corrected chi connectivity index (χ2v) is 4.19. The highest BCUT2D eigenvalue weighted by Gasteiger charge is 2.26. The van der Waals surface area contributed by atoms with E-state index in [0.717, 1.165) is 22.8 Å².